The molecule has 1 amide bonds. The molecular formula is C16H24N2O3. The van der Waals surface area contributed by atoms with Crippen LogP contribution in [0, 0.1) is 13.8 Å². The van der Waals surface area contributed by atoms with Crippen molar-refractivity contribution in [2.24, 2.45) is 0 Å². The minimum atomic E-state index is -0.998. The van der Waals surface area contributed by atoms with E-state index in [1.165, 1.54) is 0 Å². The van der Waals surface area contributed by atoms with Crippen LogP contribution in [0.25, 0.3) is 0 Å². The summed E-state index contributed by atoms with van der Waals surface area (Å²) < 4.78 is 0. The maximum absolute atomic E-state index is 12.0. The average Bonchev–Trinajstić information content (AvgIpc) is 2.42. The molecule has 0 aliphatic carbocycles. The number of aliphatic carboxylic acids is 1. The molecule has 21 heavy (non-hydrogen) atoms. The molecule has 5 nitrogen and oxygen atoms in total. The number of carboxylic acids is 1. The van der Waals surface area contributed by atoms with Gasteiger partial charge in [0.05, 0.1) is 6.42 Å². The lowest BCUT2D eigenvalue weighted by molar-refractivity contribution is -0.141. The first-order chi connectivity index (χ1) is 9.93. The molecule has 1 atom stereocenters. The second-order valence-electron chi connectivity index (χ2n) is 5.27. The van der Waals surface area contributed by atoms with Gasteiger partial charge in [-0.25, -0.2) is 0 Å². The van der Waals surface area contributed by atoms with Crippen LogP contribution in [0.4, 0.5) is 5.69 Å². The summed E-state index contributed by atoms with van der Waals surface area (Å²) in [5.74, 6) is -1.29. The first kappa shape index (κ1) is 17.2. The zero-order chi connectivity index (χ0) is 15.8. The predicted molar refractivity (Wildman–Crippen MR) is 83.5 cm³/mol. The van der Waals surface area contributed by atoms with Crippen LogP contribution in [-0.4, -0.2) is 29.6 Å². The van der Waals surface area contributed by atoms with Crippen LogP contribution in [0.2, 0.25) is 0 Å². The van der Waals surface area contributed by atoms with Crippen molar-refractivity contribution in [2.75, 3.05) is 11.9 Å². The molecule has 0 radical (unpaired) electrons. The highest BCUT2D eigenvalue weighted by Gasteiger charge is 2.20. The molecule has 1 aromatic rings. The molecule has 0 saturated heterocycles. The molecule has 5 heteroatoms. The summed E-state index contributed by atoms with van der Waals surface area (Å²) in [6, 6.07) is 4.94. The Morgan fingerprint density at radius 3 is 2.62 bits per heavy atom. The third kappa shape index (κ3) is 5.95. The number of nitrogens with one attached hydrogen (secondary N) is 2. The second kappa shape index (κ2) is 8.42. The number of carbonyl (C=O) groups excluding carboxylic acids is 1. The van der Waals surface area contributed by atoms with Gasteiger partial charge in [-0.15, -0.1) is 0 Å². The number of rotatable bonds is 8. The van der Waals surface area contributed by atoms with E-state index < -0.39 is 12.0 Å². The molecule has 0 bridgehead atoms. The third-order valence-electron chi connectivity index (χ3n) is 3.28. The number of anilines is 1. The fourth-order valence-corrected chi connectivity index (χ4v) is 1.96. The van der Waals surface area contributed by atoms with Gasteiger partial charge in [-0.05, 0) is 44.0 Å². The van der Waals surface area contributed by atoms with Gasteiger partial charge in [-0.2, -0.15) is 0 Å². The minimum absolute atomic E-state index is 0.0770. The van der Waals surface area contributed by atoms with E-state index in [9.17, 15) is 9.59 Å². The Labute approximate surface area is 125 Å². The fourth-order valence-electron chi connectivity index (χ4n) is 1.96. The number of amides is 1. The number of aryl methyl sites for hydroxylation is 2. The summed E-state index contributed by atoms with van der Waals surface area (Å²) in [4.78, 5) is 23.2. The van der Waals surface area contributed by atoms with Gasteiger partial charge in [0, 0.05) is 5.69 Å². The zero-order valence-corrected chi connectivity index (χ0v) is 12.9. The monoisotopic (exact) mass is 292 g/mol. The molecule has 0 heterocycles. The molecule has 0 unspecified atom stereocenters. The van der Waals surface area contributed by atoms with Gasteiger partial charge in [0.25, 0.3) is 0 Å². The zero-order valence-electron chi connectivity index (χ0n) is 12.9. The topological polar surface area (TPSA) is 78.4 Å². The Morgan fingerprint density at radius 1 is 1.29 bits per heavy atom. The largest absolute Gasteiger partial charge is 0.480 e. The van der Waals surface area contributed by atoms with E-state index >= 15 is 0 Å². The summed E-state index contributed by atoms with van der Waals surface area (Å²) in [6.07, 6.45) is 1.79. The summed E-state index contributed by atoms with van der Waals surface area (Å²) in [5, 5.41) is 14.8. The lowest BCUT2D eigenvalue weighted by Crippen LogP contribution is -2.40. The van der Waals surface area contributed by atoms with E-state index in [4.69, 9.17) is 5.11 Å². The van der Waals surface area contributed by atoms with E-state index in [2.05, 4.69) is 10.6 Å². The van der Waals surface area contributed by atoms with Crippen molar-refractivity contribution in [1.29, 1.82) is 0 Å². The lowest BCUT2D eigenvalue weighted by atomic mass is 10.1. The van der Waals surface area contributed by atoms with Crippen molar-refractivity contribution in [3.63, 3.8) is 0 Å². The second-order valence-corrected chi connectivity index (χ2v) is 5.27. The lowest BCUT2D eigenvalue weighted by Gasteiger charge is -2.15. The summed E-state index contributed by atoms with van der Waals surface area (Å²) in [7, 11) is 0. The van der Waals surface area contributed by atoms with Crippen molar-refractivity contribution in [3.8, 4) is 0 Å². The van der Waals surface area contributed by atoms with Crippen molar-refractivity contribution >= 4 is 17.6 Å². The number of hydrogen-bond donors (Lipinski definition) is 3. The molecule has 1 rings (SSSR count). The van der Waals surface area contributed by atoms with Crippen LogP contribution >= 0.6 is 0 Å². The molecule has 0 saturated carbocycles. The van der Waals surface area contributed by atoms with Crippen molar-refractivity contribution in [2.45, 2.75) is 46.1 Å². The van der Waals surface area contributed by atoms with Gasteiger partial charge in [0.15, 0.2) is 0 Å². The number of benzene rings is 1. The SMILES string of the molecule is CCCCN[C@H](CC(=O)Nc1cc(C)ccc1C)C(=O)O. The predicted octanol–water partition coefficient (Wildman–Crippen LogP) is 2.47. The van der Waals surface area contributed by atoms with Crippen molar-refractivity contribution < 1.29 is 14.7 Å². The first-order valence-corrected chi connectivity index (χ1v) is 7.27. The third-order valence-corrected chi connectivity index (χ3v) is 3.28. The Kier molecular flexibility index (Phi) is 6.88. The van der Waals surface area contributed by atoms with Crippen LogP contribution in [0.3, 0.4) is 0 Å². The number of hydrogen-bond acceptors (Lipinski definition) is 3. The Morgan fingerprint density at radius 2 is 2.00 bits per heavy atom. The molecule has 0 spiro atoms. The first-order valence-electron chi connectivity index (χ1n) is 7.27. The van der Waals surface area contributed by atoms with Gasteiger partial charge in [-0.3, -0.25) is 9.59 Å². The van der Waals surface area contributed by atoms with Crippen LogP contribution < -0.4 is 10.6 Å². The van der Waals surface area contributed by atoms with Crippen LogP contribution in [-0.2, 0) is 9.59 Å². The van der Waals surface area contributed by atoms with Crippen LogP contribution in [0.1, 0.15) is 37.3 Å². The Balaban J connectivity index is 2.61. The summed E-state index contributed by atoms with van der Waals surface area (Å²) >= 11 is 0. The van der Waals surface area contributed by atoms with E-state index in [-0.39, 0.29) is 12.3 Å². The molecular weight excluding hydrogens is 268 g/mol. The van der Waals surface area contributed by atoms with Gasteiger partial charge < -0.3 is 15.7 Å². The summed E-state index contributed by atoms with van der Waals surface area (Å²) in [5.41, 5.74) is 2.74. The van der Waals surface area contributed by atoms with E-state index in [0.717, 1.165) is 29.7 Å². The van der Waals surface area contributed by atoms with Crippen molar-refractivity contribution in [3.05, 3.63) is 29.3 Å². The highest BCUT2D eigenvalue weighted by molar-refractivity contribution is 5.94. The van der Waals surface area contributed by atoms with Gasteiger partial charge in [-0.1, -0.05) is 25.5 Å². The molecule has 0 aliphatic heterocycles. The molecule has 0 aromatic heterocycles. The molecule has 0 fully saturated rings. The smallest absolute Gasteiger partial charge is 0.321 e. The molecule has 1 aromatic carbocycles. The van der Waals surface area contributed by atoms with Crippen molar-refractivity contribution in [1.82, 2.24) is 5.32 Å². The van der Waals surface area contributed by atoms with Crippen LogP contribution in [0.15, 0.2) is 18.2 Å². The highest BCUT2D eigenvalue weighted by Crippen LogP contribution is 2.16. The maximum Gasteiger partial charge on any atom is 0.321 e. The average molecular weight is 292 g/mol. The quantitative estimate of drug-likeness (QED) is 0.643. The number of unbranched alkanes of at least 4 members (excludes halogenated alkanes) is 1. The normalized spacial score (nSPS) is 12.0. The molecule has 116 valence electrons. The fraction of sp³-hybridized carbons (Fsp3) is 0.500. The highest BCUT2D eigenvalue weighted by atomic mass is 16.4. The van der Waals surface area contributed by atoms with Crippen LogP contribution in [0.5, 0.6) is 0 Å². The molecule has 0 aliphatic rings. The Bertz CT molecular complexity index is 500. The summed E-state index contributed by atoms with van der Waals surface area (Å²) in [6.45, 7) is 6.49. The Hall–Kier alpha value is -1.88. The van der Waals surface area contributed by atoms with E-state index in [0.29, 0.717) is 6.54 Å². The van der Waals surface area contributed by atoms with E-state index in [1.807, 2.05) is 39.0 Å². The van der Waals surface area contributed by atoms with Gasteiger partial charge in [0.2, 0.25) is 5.91 Å². The number of carbonyl (C=O) groups is 2. The molecule has 3 N–H and O–H groups in total. The minimum Gasteiger partial charge on any atom is -0.480 e. The van der Waals surface area contributed by atoms with Gasteiger partial charge >= 0.3 is 5.97 Å². The van der Waals surface area contributed by atoms with Gasteiger partial charge in [0.1, 0.15) is 6.04 Å². The number of carboxylic acid groups (broad SMARTS) is 1. The standard InChI is InChI=1S/C16H24N2O3/c1-4-5-8-17-14(16(20)21)10-15(19)18-13-9-11(2)6-7-12(13)3/h6-7,9,14,17H,4-5,8,10H2,1-3H3,(H,18,19)(H,20,21)/t14-/m1/s1. The maximum atomic E-state index is 12.0. The van der Waals surface area contributed by atoms with E-state index in [1.54, 1.807) is 0 Å².